The molecule has 23 heavy (non-hydrogen) atoms. The predicted molar refractivity (Wildman–Crippen MR) is 95.8 cm³/mol. The molecule has 0 aliphatic carbocycles. The van der Waals surface area contributed by atoms with Crippen molar-refractivity contribution < 1.29 is 8.42 Å². The van der Waals surface area contributed by atoms with Crippen molar-refractivity contribution in [3.8, 4) is 0 Å². The van der Waals surface area contributed by atoms with Gasteiger partial charge < -0.3 is 10.6 Å². The Morgan fingerprint density at radius 1 is 1.48 bits per heavy atom. The number of sulfone groups is 1. The van der Waals surface area contributed by atoms with Crippen molar-refractivity contribution in [2.75, 3.05) is 24.6 Å². The lowest BCUT2D eigenvalue weighted by atomic mass is 10.1. The fourth-order valence-corrected chi connectivity index (χ4v) is 5.17. The average molecular weight is 359 g/mol. The Morgan fingerprint density at radius 3 is 2.83 bits per heavy atom. The molecule has 0 bridgehead atoms. The topological polar surface area (TPSA) is 83.4 Å². The van der Waals surface area contributed by atoms with Crippen LogP contribution in [0.1, 0.15) is 43.8 Å². The molecule has 1 fully saturated rings. The van der Waals surface area contributed by atoms with Gasteiger partial charge in [-0.3, -0.25) is 0 Å². The number of nitrogens with zero attached hydrogens (tertiary/aromatic N) is 2. The number of thiazole rings is 1. The van der Waals surface area contributed by atoms with E-state index in [1.54, 1.807) is 11.3 Å². The Labute approximate surface area is 142 Å². The van der Waals surface area contributed by atoms with Gasteiger partial charge in [-0.1, -0.05) is 13.8 Å². The van der Waals surface area contributed by atoms with E-state index in [1.165, 1.54) is 0 Å². The molecule has 1 aromatic rings. The molecule has 2 N–H and O–H groups in total. The van der Waals surface area contributed by atoms with Gasteiger partial charge in [0.15, 0.2) is 15.8 Å². The van der Waals surface area contributed by atoms with Crippen molar-refractivity contribution in [3.63, 3.8) is 0 Å². The first-order valence-electron chi connectivity index (χ1n) is 8.06. The molecule has 2 rings (SSSR count). The zero-order valence-electron chi connectivity index (χ0n) is 14.0. The normalized spacial score (nSPS) is 20.9. The van der Waals surface area contributed by atoms with Gasteiger partial charge in [-0.25, -0.2) is 18.4 Å². The Hall–Kier alpha value is -1.15. The number of hydrogen-bond acceptors (Lipinski definition) is 5. The first-order chi connectivity index (χ1) is 10.9. The molecule has 0 aromatic carbocycles. The van der Waals surface area contributed by atoms with E-state index in [-0.39, 0.29) is 11.7 Å². The number of rotatable bonds is 6. The molecular weight excluding hydrogens is 332 g/mol. The minimum Gasteiger partial charge on any atom is -0.357 e. The zero-order chi connectivity index (χ0) is 16.9. The first-order valence-corrected chi connectivity index (χ1v) is 10.8. The van der Waals surface area contributed by atoms with E-state index in [9.17, 15) is 8.42 Å². The summed E-state index contributed by atoms with van der Waals surface area (Å²) in [5.41, 5.74) is 1.11. The molecule has 1 atom stereocenters. The largest absolute Gasteiger partial charge is 0.357 e. The molecule has 0 radical (unpaired) electrons. The number of aromatic nitrogens is 1. The number of guanidine groups is 1. The van der Waals surface area contributed by atoms with Crippen LogP contribution in [0, 0.1) is 5.92 Å². The van der Waals surface area contributed by atoms with Gasteiger partial charge in [0, 0.05) is 18.5 Å². The van der Waals surface area contributed by atoms with E-state index >= 15 is 0 Å². The fourth-order valence-electron chi connectivity index (χ4n) is 2.43. The van der Waals surface area contributed by atoms with Crippen molar-refractivity contribution in [1.82, 2.24) is 15.6 Å². The molecule has 1 aliphatic heterocycles. The van der Waals surface area contributed by atoms with Crippen molar-refractivity contribution in [1.29, 1.82) is 0 Å². The highest BCUT2D eigenvalue weighted by Gasteiger charge is 2.27. The van der Waals surface area contributed by atoms with Crippen LogP contribution in [0.3, 0.4) is 0 Å². The molecule has 1 aromatic heterocycles. The molecule has 8 heteroatoms. The van der Waals surface area contributed by atoms with Crippen LogP contribution in [0.25, 0.3) is 0 Å². The van der Waals surface area contributed by atoms with Gasteiger partial charge in [-0.15, -0.1) is 11.3 Å². The van der Waals surface area contributed by atoms with Crippen LogP contribution in [0.5, 0.6) is 0 Å². The highest BCUT2D eigenvalue weighted by atomic mass is 32.2. The lowest BCUT2D eigenvalue weighted by Crippen LogP contribution is -2.40. The average Bonchev–Trinajstić information content (AvgIpc) is 3.08. The van der Waals surface area contributed by atoms with Gasteiger partial charge in [0.1, 0.15) is 5.01 Å². The highest BCUT2D eigenvalue weighted by Crippen LogP contribution is 2.19. The van der Waals surface area contributed by atoms with Gasteiger partial charge in [-0.05, 0) is 25.2 Å². The molecule has 0 spiro atoms. The summed E-state index contributed by atoms with van der Waals surface area (Å²) in [4.78, 5) is 9.12. The molecule has 1 aliphatic rings. The summed E-state index contributed by atoms with van der Waals surface area (Å²) in [6, 6.07) is 0. The third-order valence-electron chi connectivity index (χ3n) is 3.76. The predicted octanol–water partition coefficient (Wildman–Crippen LogP) is 1.76. The smallest absolute Gasteiger partial charge is 0.191 e. The van der Waals surface area contributed by atoms with Crippen molar-refractivity contribution in [2.24, 2.45) is 10.9 Å². The third kappa shape index (κ3) is 5.76. The number of nitrogens with one attached hydrogen (secondary N) is 2. The second kappa shape index (κ2) is 8.10. The maximum Gasteiger partial charge on any atom is 0.191 e. The third-order valence-corrected chi connectivity index (χ3v) is 6.45. The van der Waals surface area contributed by atoms with Gasteiger partial charge in [0.2, 0.25) is 0 Å². The molecular formula is C15H26N4O2S2. The minimum atomic E-state index is -2.82. The molecule has 1 saturated heterocycles. The molecule has 1 unspecified atom stereocenters. The summed E-state index contributed by atoms with van der Waals surface area (Å²) in [5, 5.41) is 9.52. The highest BCUT2D eigenvalue weighted by molar-refractivity contribution is 7.91. The van der Waals surface area contributed by atoms with Crippen LogP contribution in [-0.2, 0) is 16.4 Å². The molecule has 0 saturated carbocycles. The minimum absolute atomic E-state index is 0.177. The van der Waals surface area contributed by atoms with Gasteiger partial charge >= 0.3 is 0 Å². The maximum atomic E-state index is 11.5. The Kier molecular flexibility index (Phi) is 6.41. The summed E-state index contributed by atoms with van der Waals surface area (Å²) >= 11 is 1.63. The Bertz CT molecular complexity index is 638. The molecule has 6 nitrogen and oxygen atoms in total. The summed E-state index contributed by atoms with van der Waals surface area (Å²) in [5.74, 6) is 1.92. The van der Waals surface area contributed by atoms with Crippen LogP contribution in [0.4, 0.5) is 0 Å². The summed E-state index contributed by atoms with van der Waals surface area (Å²) < 4.78 is 23.0. The number of hydrogen-bond donors (Lipinski definition) is 2. The van der Waals surface area contributed by atoms with Crippen molar-refractivity contribution >= 4 is 27.1 Å². The summed E-state index contributed by atoms with van der Waals surface area (Å²) in [7, 11) is -2.82. The van der Waals surface area contributed by atoms with E-state index < -0.39 is 9.84 Å². The Balaban J connectivity index is 1.89. The number of aliphatic imine (C=N–C) groups is 1. The molecule has 2 heterocycles. The molecule has 130 valence electrons. The standard InChI is InChI=1S/C15H26N4O2S2/c1-4-16-15(17-7-12-5-6-23(20,21)10-12)18-8-14-19-13(9-22-14)11(2)3/h9,11-12H,4-8,10H2,1-3H3,(H2,16,17,18). The monoisotopic (exact) mass is 358 g/mol. The second-order valence-corrected chi connectivity index (χ2v) is 9.34. The van der Waals surface area contributed by atoms with E-state index in [4.69, 9.17) is 0 Å². The van der Waals surface area contributed by atoms with E-state index in [0.29, 0.717) is 24.8 Å². The van der Waals surface area contributed by atoms with Gasteiger partial charge in [0.05, 0.1) is 23.7 Å². The van der Waals surface area contributed by atoms with E-state index in [0.717, 1.165) is 29.6 Å². The lowest BCUT2D eigenvalue weighted by molar-refractivity contribution is 0.567. The fraction of sp³-hybridized carbons (Fsp3) is 0.733. The molecule has 0 amide bonds. The van der Waals surface area contributed by atoms with Crippen LogP contribution in [-0.4, -0.2) is 44.0 Å². The van der Waals surface area contributed by atoms with Gasteiger partial charge in [0.25, 0.3) is 0 Å². The SMILES string of the molecule is CCNC(=NCc1nc(C(C)C)cs1)NCC1CCS(=O)(=O)C1. The van der Waals surface area contributed by atoms with Crippen molar-refractivity contribution in [3.05, 3.63) is 16.1 Å². The van der Waals surface area contributed by atoms with Crippen LogP contribution < -0.4 is 10.6 Å². The lowest BCUT2D eigenvalue weighted by Gasteiger charge is -2.13. The van der Waals surface area contributed by atoms with Crippen LogP contribution in [0.15, 0.2) is 10.4 Å². The van der Waals surface area contributed by atoms with Gasteiger partial charge in [-0.2, -0.15) is 0 Å². The first kappa shape index (κ1) is 18.2. The van der Waals surface area contributed by atoms with E-state index in [2.05, 4.69) is 39.8 Å². The van der Waals surface area contributed by atoms with E-state index in [1.807, 2.05) is 6.92 Å². The summed E-state index contributed by atoms with van der Waals surface area (Å²) in [6.45, 7) is 8.21. The Morgan fingerprint density at radius 2 is 2.26 bits per heavy atom. The maximum absolute atomic E-state index is 11.5. The van der Waals surface area contributed by atoms with Crippen molar-refractivity contribution in [2.45, 2.75) is 39.7 Å². The summed E-state index contributed by atoms with van der Waals surface area (Å²) in [6.07, 6.45) is 0.735. The van der Waals surface area contributed by atoms with Crippen LogP contribution >= 0.6 is 11.3 Å². The zero-order valence-corrected chi connectivity index (χ0v) is 15.6. The van der Waals surface area contributed by atoms with Crippen LogP contribution in [0.2, 0.25) is 0 Å². The quantitative estimate of drug-likeness (QED) is 0.598. The second-order valence-electron chi connectivity index (χ2n) is 6.17.